The summed E-state index contributed by atoms with van der Waals surface area (Å²) < 4.78 is 31.3. The van der Waals surface area contributed by atoms with E-state index in [2.05, 4.69) is 10.9 Å². The minimum absolute atomic E-state index is 0.150. The van der Waals surface area contributed by atoms with Gasteiger partial charge in [0.15, 0.2) is 14.6 Å². The van der Waals surface area contributed by atoms with Gasteiger partial charge in [0.2, 0.25) is 0 Å². The van der Waals surface area contributed by atoms with Gasteiger partial charge in [0.1, 0.15) is 5.75 Å². The molecule has 0 fully saturated rings. The zero-order valence-corrected chi connectivity index (χ0v) is 17.0. The molecular weight excluding hydrogens is 396 g/mol. The van der Waals surface area contributed by atoms with Crippen LogP contribution in [0, 0.1) is 12.3 Å². The second kappa shape index (κ2) is 8.00. The Bertz CT molecular complexity index is 1240. The van der Waals surface area contributed by atoms with Crippen LogP contribution in [-0.2, 0) is 16.4 Å². The average Bonchev–Trinajstić information content (AvgIpc) is 2.98. The molecule has 0 N–H and O–H groups in total. The predicted octanol–water partition coefficient (Wildman–Crippen LogP) is 2.88. The largest absolute Gasteiger partial charge is 0.494 e. The molecule has 1 aromatic heterocycles. The van der Waals surface area contributed by atoms with Crippen molar-refractivity contribution in [3.8, 4) is 18.1 Å². The molecule has 28 heavy (non-hydrogen) atoms. The summed E-state index contributed by atoms with van der Waals surface area (Å²) in [5.74, 6) is 2.84. The summed E-state index contributed by atoms with van der Waals surface area (Å²) in [4.78, 5) is 17.4. The molecule has 8 heteroatoms. The summed E-state index contributed by atoms with van der Waals surface area (Å²) in [5, 5.41) is 0. The molecule has 1 heterocycles. The normalized spacial score (nSPS) is 12.1. The number of carbonyl (C=O) groups excluding carboxylic acids is 1. The lowest BCUT2D eigenvalue weighted by atomic mass is 10.2. The maximum absolute atomic E-state index is 12.6. The summed E-state index contributed by atoms with van der Waals surface area (Å²) in [6, 6.07) is 11.3. The molecule has 0 aliphatic carbocycles. The van der Waals surface area contributed by atoms with Crippen molar-refractivity contribution in [2.45, 2.75) is 18.4 Å². The van der Waals surface area contributed by atoms with E-state index in [1.807, 2.05) is 25.1 Å². The number of terminal acetylenes is 1. The van der Waals surface area contributed by atoms with Crippen molar-refractivity contribution in [2.75, 3.05) is 12.9 Å². The van der Waals surface area contributed by atoms with Gasteiger partial charge < -0.3 is 9.30 Å². The lowest BCUT2D eigenvalue weighted by Crippen LogP contribution is -2.16. The van der Waals surface area contributed by atoms with Crippen LogP contribution in [0.1, 0.15) is 17.3 Å². The Balaban J connectivity index is 2.05. The highest BCUT2D eigenvalue weighted by molar-refractivity contribution is 7.90. The van der Waals surface area contributed by atoms with Crippen LogP contribution in [0.5, 0.6) is 5.75 Å². The van der Waals surface area contributed by atoms with E-state index in [9.17, 15) is 13.2 Å². The van der Waals surface area contributed by atoms with Gasteiger partial charge >= 0.3 is 0 Å². The quantitative estimate of drug-likeness (QED) is 0.602. The molecule has 0 aliphatic heterocycles. The third kappa shape index (κ3) is 4.16. The van der Waals surface area contributed by atoms with Gasteiger partial charge in [-0.1, -0.05) is 17.3 Å². The number of nitrogens with zero attached hydrogens (tertiary/aromatic N) is 2. The van der Waals surface area contributed by atoms with Crippen molar-refractivity contribution >= 4 is 37.3 Å². The van der Waals surface area contributed by atoms with Gasteiger partial charge in [-0.3, -0.25) is 4.79 Å². The molecule has 3 rings (SSSR count). The van der Waals surface area contributed by atoms with Gasteiger partial charge in [0.25, 0.3) is 5.91 Å². The lowest BCUT2D eigenvalue weighted by molar-refractivity contribution is 0.0998. The van der Waals surface area contributed by atoms with E-state index in [1.54, 1.807) is 4.57 Å². The van der Waals surface area contributed by atoms with E-state index >= 15 is 0 Å². The molecule has 0 radical (unpaired) electrons. The lowest BCUT2D eigenvalue weighted by Gasteiger charge is -2.03. The fraction of sp³-hybridized carbons (Fsp3) is 0.200. The van der Waals surface area contributed by atoms with Crippen LogP contribution in [0.25, 0.3) is 10.2 Å². The van der Waals surface area contributed by atoms with Gasteiger partial charge in [-0.25, -0.2) is 8.42 Å². The van der Waals surface area contributed by atoms with E-state index in [1.165, 1.54) is 35.6 Å². The Labute approximate surface area is 167 Å². The van der Waals surface area contributed by atoms with Crippen molar-refractivity contribution in [3.05, 3.63) is 52.8 Å². The monoisotopic (exact) mass is 414 g/mol. The SMILES string of the molecule is C#CCn1c(=NC(=O)c2ccc(S(C)(=O)=O)cc2)sc2cc(OCC)ccc21. The Kier molecular flexibility index (Phi) is 5.68. The molecule has 0 bridgehead atoms. The minimum Gasteiger partial charge on any atom is -0.494 e. The first-order chi connectivity index (χ1) is 13.3. The average molecular weight is 415 g/mol. The van der Waals surface area contributed by atoms with Crippen LogP contribution in [0.2, 0.25) is 0 Å². The van der Waals surface area contributed by atoms with E-state index < -0.39 is 15.7 Å². The number of hydrogen-bond donors (Lipinski definition) is 0. The molecule has 2 aromatic carbocycles. The molecule has 144 valence electrons. The molecule has 0 unspecified atom stereocenters. The Morgan fingerprint density at radius 3 is 2.57 bits per heavy atom. The minimum atomic E-state index is -3.32. The van der Waals surface area contributed by atoms with Crippen molar-refractivity contribution in [2.24, 2.45) is 4.99 Å². The Morgan fingerprint density at radius 1 is 1.25 bits per heavy atom. The van der Waals surface area contributed by atoms with Crippen molar-refractivity contribution in [3.63, 3.8) is 0 Å². The van der Waals surface area contributed by atoms with Gasteiger partial charge in [-0.2, -0.15) is 4.99 Å². The first kappa shape index (κ1) is 19.9. The van der Waals surface area contributed by atoms with E-state index in [-0.39, 0.29) is 11.4 Å². The summed E-state index contributed by atoms with van der Waals surface area (Å²) in [6.07, 6.45) is 6.60. The fourth-order valence-electron chi connectivity index (χ4n) is 2.64. The van der Waals surface area contributed by atoms with Gasteiger partial charge in [-0.05, 0) is 49.4 Å². The van der Waals surface area contributed by atoms with E-state index in [4.69, 9.17) is 11.2 Å². The third-order valence-corrected chi connectivity index (χ3v) is 6.11. The van der Waals surface area contributed by atoms with Gasteiger partial charge in [0, 0.05) is 11.8 Å². The summed E-state index contributed by atoms with van der Waals surface area (Å²) in [5.41, 5.74) is 1.16. The fourth-order valence-corrected chi connectivity index (χ4v) is 4.32. The standard InChI is InChI=1S/C20H18N2O4S2/c1-4-12-22-17-11-8-15(26-5-2)13-18(17)27-20(22)21-19(23)14-6-9-16(10-7-14)28(3,24)25/h1,6-11,13H,5,12H2,2-3H3. The molecule has 6 nitrogen and oxygen atoms in total. The number of benzene rings is 2. The second-order valence-electron chi connectivity index (χ2n) is 5.95. The maximum Gasteiger partial charge on any atom is 0.279 e. The highest BCUT2D eigenvalue weighted by Gasteiger charge is 2.12. The molecule has 1 amide bonds. The number of sulfone groups is 1. The highest BCUT2D eigenvalue weighted by Crippen LogP contribution is 2.23. The number of amides is 1. The summed E-state index contributed by atoms with van der Waals surface area (Å²) in [6.45, 7) is 2.74. The zero-order chi connectivity index (χ0) is 20.3. The van der Waals surface area contributed by atoms with Crippen molar-refractivity contribution < 1.29 is 17.9 Å². The van der Waals surface area contributed by atoms with Crippen molar-refractivity contribution in [1.82, 2.24) is 4.57 Å². The van der Waals surface area contributed by atoms with Gasteiger partial charge in [-0.15, -0.1) is 6.42 Å². The predicted molar refractivity (Wildman–Crippen MR) is 109 cm³/mol. The highest BCUT2D eigenvalue weighted by atomic mass is 32.2. The van der Waals surface area contributed by atoms with E-state index in [0.29, 0.717) is 17.0 Å². The zero-order valence-electron chi connectivity index (χ0n) is 15.4. The smallest absolute Gasteiger partial charge is 0.279 e. The molecule has 0 saturated carbocycles. The van der Waals surface area contributed by atoms with E-state index in [0.717, 1.165) is 22.2 Å². The third-order valence-electron chi connectivity index (χ3n) is 3.94. The number of hydrogen-bond acceptors (Lipinski definition) is 5. The Morgan fingerprint density at radius 2 is 1.96 bits per heavy atom. The molecule has 3 aromatic rings. The topological polar surface area (TPSA) is 77.7 Å². The van der Waals surface area contributed by atoms with Gasteiger partial charge in [0.05, 0.1) is 28.3 Å². The number of fused-ring (bicyclic) bond motifs is 1. The Hall–Kier alpha value is -2.89. The molecule has 0 saturated heterocycles. The van der Waals surface area contributed by atoms with Crippen LogP contribution in [-0.4, -0.2) is 31.8 Å². The van der Waals surface area contributed by atoms with Crippen LogP contribution in [0.3, 0.4) is 0 Å². The number of carbonyl (C=O) groups is 1. The van der Waals surface area contributed by atoms with Crippen molar-refractivity contribution in [1.29, 1.82) is 0 Å². The molecular formula is C20H18N2O4S2. The first-order valence-corrected chi connectivity index (χ1v) is 11.1. The molecule has 0 spiro atoms. The first-order valence-electron chi connectivity index (χ1n) is 8.42. The van der Waals surface area contributed by atoms with Crippen LogP contribution in [0.15, 0.2) is 52.4 Å². The van der Waals surface area contributed by atoms with Crippen LogP contribution in [0.4, 0.5) is 0 Å². The van der Waals surface area contributed by atoms with Crippen LogP contribution < -0.4 is 9.54 Å². The number of rotatable bonds is 5. The molecule has 0 atom stereocenters. The number of ether oxygens (including phenoxy) is 1. The number of thiazole rings is 1. The summed E-state index contributed by atoms with van der Waals surface area (Å²) >= 11 is 1.34. The number of aromatic nitrogens is 1. The molecule has 0 aliphatic rings. The van der Waals surface area contributed by atoms with Crippen LogP contribution >= 0.6 is 11.3 Å². The second-order valence-corrected chi connectivity index (χ2v) is 8.98. The maximum atomic E-state index is 12.6. The summed E-state index contributed by atoms with van der Waals surface area (Å²) in [7, 11) is -3.32.